The smallest absolute Gasteiger partial charge is 0.166 e. The Morgan fingerprint density at radius 3 is 2.20 bits per heavy atom. The topological polar surface area (TPSA) is 9.23 Å². The van der Waals surface area contributed by atoms with Crippen molar-refractivity contribution in [1.29, 1.82) is 0 Å². The second-order valence-corrected chi connectivity index (χ2v) is 7.75. The zero-order chi connectivity index (χ0) is 21.3. The molecule has 1 aliphatic heterocycles. The molecule has 0 aromatic heterocycles. The van der Waals surface area contributed by atoms with Crippen LogP contribution in [0.3, 0.4) is 0 Å². The zero-order valence-electron chi connectivity index (χ0n) is 16.8. The van der Waals surface area contributed by atoms with E-state index < -0.39 is 11.6 Å². The van der Waals surface area contributed by atoms with E-state index in [4.69, 9.17) is 4.74 Å². The number of aryl methyl sites for hydroxylation is 1. The van der Waals surface area contributed by atoms with Crippen LogP contribution in [0.15, 0.2) is 67.3 Å². The predicted molar refractivity (Wildman–Crippen MR) is 114 cm³/mol. The number of benzene rings is 3. The Kier molecular flexibility index (Phi) is 5.78. The van der Waals surface area contributed by atoms with E-state index in [-0.39, 0.29) is 29.0 Å². The van der Waals surface area contributed by atoms with Gasteiger partial charge in [-0.25, -0.2) is 13.2 Å². The molecular formula is C26H23F3O. The van der Waals surface area contributed by atoms with Crippen LogP contribution in [-0.4, -0.2) is 12.7 Å². The predicted octanol–water partition coefficient (Wildman–Crippen LogP) is 7.19. The summed E-state index contributed by atoms with van der Waals surface area (Å²) in [5, 5.41) is 0. The highest BCUT2D eigenvalue weighted by atomic mass is 19.2. The summed E-state index contributed by atoms with van der Waals surface area (Å²) in [6.45, 7) is 5.76. The van der Waals surface area contributed by atoms with Crippen LogP contribution in [0.25, 0.3) is 22.3 Å². The number of hydrogen-bond acceptors (Lipinski definition) is 1. The molecule has 1 aliphatic rings. The van der Waals surface area contributed by atoms with Crippen LogP contribution in [0.4, 0.5) is 13.2 Å². The Bertz CT molecular complexity index is 1060. The van der Waals surface area contributed by atoms with Gasteiger partial charge >= 0.3 is 0 Å². The first-order chi connectivity index (χ1) is 14.5. The SMILES string of the molecule is C=CC1CCC(c2ccc(-c3ccc(-c4ccc(C)c(F)c4F)cc3)cc2F)CO1. The molecule has 0 amide bonds. The molecule has 0 saturated carbocycles. The fourth-order valence-corrected chi connectivity index (χ4v) is 3.95. The van der Waals surface area contributed by atoms with Gasteiger partial charge in [-0.1, -0.05) is 54.6 Å². The van der Waals surface area contributed by atoms with Crippen molar-refractivity contribution in [2.75, 3.05) is 6.61 Å². The Morgan fingerprint density at radius 2 is 1.57 bits per heavy atom. The van der Waals surface area contributed by atoms with Gasteiger partial charge in [0.25, 0.3) is 0 Å². The maximum atomic E-state index is 14.8. The number of rotatable bonds is 4. The van der Waals surface area contributed by atoms with Gasteiger partial charge in [-0.2, -0.15) is 0 Å². The minimum absolute atomic E-state index is 0.0389. The minimum Gasteiger partial charge on any atom is -0.374 e. The largest absolute Gasteiger partial charge is 0.374 e. The molecule has 0 N–H and O–H groups in total. The van der Waals surface area contributed by atoms with Crippen molar-refractivity contribution in [1.82, 2.24) is 0 Å². The highest BCUT2D eigenvalue weighted by molar-refractivity contribution is 5.71. The van der Waals surface area contributed by atoms with Crippen molar-refractivity contribution < 1.29 is 17.9 Å². The van der Waals surface area contributed by atoms with E-state index in [1.165, 1.54) is 13.0 Å². The van der Waals surface area contributed by atoms with E-state index >= 15 is 0 Å². The minimum atomic E-state index is -0.855. The van der Waals surface area contributed by atoms with Crippen molar-refractivity contribution in [2.45, 2.75) is 31.8 Å². The van der Waals surface area contributed by atoms with Crippen LogP contribution >= 0.6 is 0 Å². The van der Waals surface area contributed by atoms with Crippen molar-refractivity contribution in [3.05, 3.63) is 95.8 Å². The molecule has 30 heavy (non-hydrogen) atoms. The summed E-state index contributed by atoms with van der Waals surface area (Å²) in [6.07, 6.45) is 3.54. The molecule has 3 aromatic carbocycles. The Labute approximate surface area is 174 Å². The third-order valence-corrected chi connectivity index (χ3v) is 5.82. The molecule has 3 aromatic rings. The summed E-state index contributed by atoms with van der Waals surface area (Å²) in [7, 11) is 0. The van der Waals surface area contributed by atoms with Gasteiger partial charge in [0.2, 0.25) is 0 Å². The summed E-state index contributed by atoms with van der Waals surface area (Å²) < 4.78 is 48.6. The first-order valence-corrected chi connectivity index (χ1v) is 10.1. The molecule has 2 atom stereocenters. The normalized spacial score (nSPS) is 18.9. The lowest BCUT2D eigenvalue weighted by atomic mass is 9.89. The summed E-state index contributed by atoms with van der Waals surface area (Å²) in [4.78, 5) is 0. The van der Waals surface area contributed by atoms with E-state index in [9.17, 15) is 13.2 Å². The van der Waals surface area contributed by atoms with Gasteiger partial charge in [0.15, 0.2) is 11.6 Å². The van der Waals surface area contributed by atoms with E-state index in [1.807, 2.05) is 12.1 Å². The lowest BCUT2D eigenvalue weighted by Crippen LogP contribution is -2.23. The Morgan fingerprint density at radius 1 is 0.867 bits per heavy atom. The summed E-state index contributed by atoms with van der Waals surface area (Å²) in [5.41, 5.74) is 3.26. The van der Waals surface area contributed by atoms with Crippen molar-refractivity contribution in [2.24, 2.45) is 0 Å². The Hall–Kier alpha value is -2.85. The molecular weight excluding hydrogens is 385 g/mol. The summed E-state index contributed by atoms with van der Waals surface area (Å²) in [6, 6.07) is 15.4. The third-order valence-electron chi connectivity index (χ3n) is 5.82. The molecule has 2 unspecified atom stereocenters. The van der Waals surface area contributed by atoms with E-state index in [2.05, 4.69) is 6.58 Å². The first kappa shape index (κ1) is 20.4. The molecule has 1 saturated heterocycles. The van der Waals surface area contributed by atoms with Crippen LogP contribution in [0.5, 0.6) is 0 Å². The molecule has 154 valence electrons. The quantitative estimate of drug-likeness (QED) is 0.415. The number of hydrogen-bond donors (Lipinski definition) is 0. The molecule has 1 nitrogen and oxygen atoms in total. The molecule has 1 fully saturated rings. The molecule has 4 rings (SSSR count). The van der Waals surface area contributed by atoms with Crippen LogP contribution in [0.2, 0.25) is 0 Å². The van der Waals surface area contributed by atoms with Gasteiger partial charge in [-0.3, -0.25) is 0 Å². The van der Waals surface area contributed by atoms with E-state index in [0.29, 0.717) is 17.7 Å². The van der Waals surface area contributed by atoms with Crippen LogP contribution < -0.4 is 0 Å². The van der Waals surface area contributed by atoms with E-state index in [1.54, 1.807) is 42.5 Å². The fraction of sp³-hybridized carbons (Fsp3) is 0.231. The molecule has 0 bridgehead atoms. The molecule has 0 aliphatic carbocycles. The van der Waals surface area contributed by atoms with Crippen LogP contribution in [-0.2, 0) is 4.74 Å². The second kappa shape index (κ2) is 8.49. The summed E-state index contributed by atoms with van der Waals surface area (Å²) >= 11 is 0. The van der Waals surface area contributed by atoms with Gasteiger partial charge < -0.3 is 4.74 Å². The standard InChI is InChI=1S/C26H23F3O/c1-3-21-11-9-20(15-30-21)22-13-10-19(14-24(22)27)17-5-7-18(8-6-17)23-12-4-16(2)25(28)26(23)29/h3-8,10,12-14,20-21H,1,9,11,15H2,2H3. The van der Waals surface area contributed by atoms with Gasteiger partial charge in [0, 0.05) is 11.5 Å². The van der Waals surface area contributed by atoms with Gasteiger partial charge in [-0.15, -0.1) is 6.58 Å². The molecule has 4 heteroatoms. The van der Waals surface area contributed by atoms with Gasteiger partial charge in [0.05, 0.1) is 12.7 Å². The van der Waals surface area contributed by atoms with Crippen LogP contribution in [0, 0.1) is 24.4 Å². The third kappa shape index (κ3) is 3.92. The number of halogens is 3. The highest BCUT2D eigenvalue weighted by Crippen LogP contribution is 2.33. The van der Waals surface area contributed by atoms with Gasteiger partial charge in [-0.05, 0) is 53.6 Å². The van der Waals surface area contributed by atoms with Crippen molar-refractivity contribution in [3.8, 4) is 22.3 Å². The average molecular weight is 408 g/mol. The Balaban J connectivity index is 1.56. The van der Waals surface area contributed by atoms with Crippen molar-refractivity contribution in [3.63, 3.8) is 0 Å². The lowest BCUT2D eigenvalue weighted by Gasteiger charge is -2.27. The van der Waals surface area contributed by atoms with Crippen molar-refractivity contribution >= 4 is 0 Å². The second-order valence-electron chi connectivity index (χ2n) is 7.75. The molecule has 0 radical (unpaired) electrons. The summed E-state index contributed by atoms with van der Waals surface area (Å²) in [5.74, 6) is -1.90. The van der Waals surface area contributed by atoms with Crippen LogP contribution in [0.1, 0.15) is 29.9 Å². The van der Waals surface area contributed by atoms with E-state index in [0.717, 1.165) is 24.0 Å². The maximum Gasteiger partial charge on any atom is 0.166 e. The average Bonchev–Trinajstić information content (AvgIpc) is 2.78. The maximum absolute atomic E-state index is 14.8. The molecule has 0 spiro atoms. The monoisotopic (exact) mass is 408 g/mol. The zero-order valence-corrected chi connectivity index (χ0v) is 16.8. The first-order valence-electron chi connectivity index (χ1n) is 10.1. The van der Waals surface area contributed by atoms with Gasteiger partial charge in [0.1, 0.15) is 5.82 Å². The number of ether oxygens (including phenoxy) is 1. The fourth-order valence-electron chi connectivity index (χ4n) is 3.95. The molecule has 1 heterocycles. The highest BCUT2D eigenvalue weighted by Gasteiger charge is 2.23. The lowest BCUT2D eigenvalue weighted by molar-refractivity contribution is 0.0321.